The van der Waals surface area contributed by atoms with Crippen molar-refractivity contribution in [1.82, 2.24) is 0 Å². The molecule has 16 heavy (non-hydrogen) atoms. The Morgan fingerprint density at radius 3 is 3.00 bits per heavy atom. The Hall–Kier alpha value is -1.49. The first-order valence-electron chi connectivity index (χ1n) is 4.64. The number of hydrogen-bond donors (Lipinski definition) is 1. The summed E-state index contributed by atoms with van der Waals surface area (Å²) < 4.78 is 11.2. The van der Waals surface area contributed by atoms with Gasteiger partial charge in [-0.1, -0.05) is 0 Å². The van der Waals surface area contributed by atoms with Crippen LogP contribution < -0.4 is 4.74 Å². The summed E-state index contributed by atoms with van der Waals surface area (Å²) in [5.74, 6) is -0.552. The third-order valence-corrected chi connectivity index (χ3v) is 2.78. The minimum atomic E-state index is -1.01. The molecule has 0 radical (unpaired) electrons. The van der Waals surface area contributed by atoms with Crippen molar-refractivity contribution in [1.29, 1.82) is 0 Å². The van der Waals surface area contributed by atoms with E-state index in [1.54, 1.807) is 12.3 Å². The fraction of sp³-hybridized carbons (Fsp3) is 0.182. The van der Waals surface area contributed by atoms with Gasteiger partial charge >= 0.3 is 5.97 Å². The van der Waals surface area contributed by atoms with Gasteiger partial charge in [0.2, 0.25) is 0 Å². The van der Waals surface area contributed by atoms with Gasteiger partial charge in [0.05, 0.1) is 10.7 Å². The van der Waals surface area contributed by atoms with E-state index in [1.807, 2.05) is 12.1 Å². The Kier molecular flexibility index (Phi) is 2.87. The highest BCUT2D eigenvalue weighted by atomic mass is 79.9. The van der Waals surface area contributed by atoms with Crippen molar-refractivity contribution < 1.29 is 19.1 Å². The van der Waals surface area contributed by atoms with Crippen molar-refractivity contribution in [2.75, 3.05) is 0 Å². The minimum absolute atomic E-state index is 0.456. The number of furan rings is 1. The summed E-state index contributed by atoms with van der Waals surface area (Å²) in [5, 5.41) is 9.68. The monoisotopic (exact) mass is 284 g/mol. The Labute approximate surface area is 99.9 Å². The molecule has 1 aromatic carbocycles. The summed E-state index contributed by atoms with van der Waals surface area (Å²) in [6.45, 7) is 1.47. The van der Waals surface area contributed by atoms with Crippen LogP contribution in [0, 0.1) is 0 Å². The van der Waals surface area contributed by atoms with E-state index in [9.17, 15) is 4.79 Å². The zero-order chi connectivity index (χ0) is 11.7. The van der Waals surface area contributed by atoms with Gasteiger partial charge in [-0.3, -0.25) is 0 Å². The van der Waals surface area contributed by atoms with E-state index in [-0.39, 0.29) is 0 Å². The predicted octanol–water partition coefficient (Wildman–Crippen LogP) is 3.05. The fourth-order valence-corrected chi connectivity index (χ4v) is 1.75. The zero-order valence-corrected chi connectivity index (χ0v) is 10.0. The molecule has 0 bridgehead atoms. The number of aliphatic carboxylic acids is 1. The second-order valence-corrected chi connectivity index (χ2v) is 4.19. The molecule has 84 valence electrons. The van der Waals surface area contributed by atoms with Crippen molar-refractivity contribution >= 4 is 32.9 Å². The number of carbonyl (C=O) groups is 1. The number of carboxylic acid groups (broad SMARTS) is 1. The first kappa shape index (κ1) is 11.0. The molecule has 1 aromatic heterocycles. The predicted molar refractivity (Wildman–Crippen MR) is 61.6 cm³/mol. The average Bonchev–Trinajstić information content (AvgIpc) is 2.65. The Morgan fingerprint density at radius 1 is 1.56 bits per heavy atom. The van der Waals surface area contributed by atoms with Crippen LogP contribution in [0.2, 0.25) is 0 Å². The fourth-order valence-electron chi connectivity index (χ4n) is 1.29. The third kappa shape index (κ3) is 2.04. The second kappa shape index (κ2) is 4.17. The number of halogens is 1. The van der Waals surface area contributed by atoms with Gasteiger partial charge in [-0.15, -0.1) is 0 Å². The number of hydrogen-bond acceptors (Lipinski definition) is 3. The molecule has 0 spiro atoms. The van der Waals surface area contributed by atoms with E-state index in [0.29, 0.717) is 15.8 Å². The summed E-state index contributed by atoms with van der Waals surface area (Å²) in [5.41, 5.74) is 0.663. The molecule has 0 amide bonds. The topological polar surface area (TPSA) is 59.7 Å². The van der Waals surface area contributed by atoms with E-state index in [2.05, 4.69) is 15.9 Å². The molecule has 1 atom stereocenters. The number of ether oxygens (including phenoxy) is 1. The summed E-state index contributed by atoms with van der Waals surface area (Å²) >= 11 is 3.32. The van der Waals surface area contributed by atoms with Crippen LogP contribution in [0.4, 0.5) is 0 Å². The summed E-state index contributed by atoms with van der Waals surface area (Å²) in [4.78, 5) is 10.7. The molecule has 0 fully saturated rings. The van der Waals surface area contributed by atoms with Gasteiger partial charge in [0.25, 0.3) is 0 Å². The normalized spacial score (nSPS) is 12.6. The van der Waals surface area contributed by atoms with Gasteiger partial charge in [-0.25, -0.2) is 4.79 Å². The third-order valence-electron chi connectivity index (χ3n) is 2.16. The van der Waals surface area contributed by atoms with Crippen LogP contribution >= 0.6 is 15.9 Å². The van der Waals surface area contributed by atoms with Gasteiger partial charge < -0.3 is 14.3 Å². The highest BCUT2D eigenvalue weighted by molar-refractivity contribution is 9.10. The van der Waals surface area contributed by atoms with Crippen LogP contribution in [0.15, 0.2) is 33.4 Å². The average molecular weight is 285 g/mol. The Balaban J connectivity index is 2.36. The summed E-state index contributed by atoms with van der Waals surface area (Å²) in [6.07, 6.45) is 0.672. The van der Waals surface area contributed by atoms with Crippen molar-refractivity contribution in [3.8, 4) is 5.75 Å². The molecular weight excluding hydrogens is 276 g/mol. The molecule has 2 aromatic rings. The van der Waals surface area contributed by atoms with Crippen molar-refractivity contribution in [2.45, 2.75) is 13.0 Å². The maximum absolute atomic E-state index is 10.7. The number of rotatable bonds is 3. The molecule has 1 unspecified atom stereocenters. The molecule has 4 nitrogen and oxygen atoms in total. The maximum atomic E-state index is 10.7. The molecule has 1 N–H and O–H groups in total. The first-order valence-corrected chi connectivity index (χ1v) is 5.43. The molecule has 0 saturated carbocycles. The Bertz CT molecular complexity index is 532. The van der Waals surface area contributed by atoms with Crippen molar-refractivity contribution in [2.24, 2.45) is 0 Å². The van der Waals surface area contributed by atoms with E-state index >= 15 is 0 Å². The lowest BCUT2D eigenvalue weighted by molar-refractivity contribution is -0.144. The minimum Gasteiger partial charge on any atom is -0.479 e. The van der Waals surface area contributed by atoms with E-state index in [0.717, 1.165) is 5.39 Å². The molecule has 0 aliphatic rings. The highest BCUT2D eigenvalue weighted by Gasteiger charge is 2.15. The van der Waals surface area contributed by atoms with E-state index < -0.39 is 12.1 Å². The molecular formula is C11H9BrO4. The SMILES string of the molecule is CC(Oc1cc2occc2cc1Br)C(=O)O. The standard InChI is InChI=1S/C11H9BrO4/c1-6(11(13)14)16-10-5-9-7(2-3-15-9)4-8(10)12/h2-6H,1H3,(H,13,14). The second-order valence-electron chi connectivity index (χ2n) is 3.34. The molecule has 0 aliphatic carbocycles. The summed E-state index contributed by atoms with van der Waals surface area (Å²) in [6, 6.07) is 5.31. The zero-order valence-electron chi connectivity index (χ0n) is 8.44. The number of benzene rings is 1. The molecule has 5 heteroatoms. The van der Waals surface area contributed by atoms with Gasteiger partial charge in [-0.2, -0.15) is 0 Å². The largest absolute Gasteiger partial charge is 0.479 e. The quantitative estimate of drug-likeness (QED) is 0.941. The van der Waals surface area contributed by atoms with E-state index in [1.165, 1.54) is 6.92 Å². The molecule has 0 aliphatic heterocycles. The lowest BCUT2D eigenvalue weighted by atomic mass is 10.2. The van der Waals surface area contributed by atoms with Crippen LogP contribution in [-0.2, 0) is 4.79 Å². The number of fused-ring (bicyclic) bond motifs is 1. The summed E-state index contributed by atoms with van der Waals surface area (Å²) in [7, 11) is 0. The van der Waals surface area contributed by atoms with Crippen molar-refractivity contribution in [3.05, 3.63) is 28.9 Å². The van der Waals surface area contributed by atoms with E-state index in [4.69, 9.17) is 14.3 Å². The number of carboxylic acids is 1. The Morgan fingerprint density at radius 2 is 2.31 bits per heavy atom. The highest BCUT2D eigenvalue weighted by Crippen LogP contribution is 2.31. The lowest BCUT2D eigenvalue weighted by Crippen LogP contribution is -2.22. The van der Waals surface area contributed by atoms with Crippen LogP contribution in [0.25, 0.3) is 11.0 Å². The molecule has 2 rings (SSSR count). The van der Waals surface area contributed by atoms with Crippen LogP contribution in [0.3, 0.4) is 0 Å². The van der Waals surface area contributed by atoms with Gasteiger partial charge in [0.15, 0.2) is 6.10 Å². The van der Waals surface area contributed by atoms with Crippen LogP contribution in [0.5, 0.6) is 5.75 Å². The first-order chi connectivity index (χ1) is 7.58. The van der Waals surface area contributed by atoms with Crippen LogP contribution in [0.1, 0.15) is 6.92 Å². The lowest BCUT2D eigenvalue weighted by Gasteiger charge is -2.11. The smallest absolute Gasteiger partial charge is 0.344 e. The molecule has 1 heterocycles. The maximum Gasteiger partial charge on any atom is 0.344 e. The van der Waals surface area contributed by atoms with Gasteiger partial charge in [0.1, 0.15) is 11.3 Å². The van der Waals surface area contributed by atoms with Crippen molar-refractivity contribution in [3.63, 3.8) is 0 Å². The van der Waals surface area contributed by atoms with Gasteiger partial charge in [-0.05, 0) is 35.0 Å². The van der Waals surface area contributed by atoms with Crippen LogP contribution in [-0.4, -0.2) is 17.2 Å². The van der Waals surface area contributed by atoms with Gasteiger partial charge in [0, 0.05) is 11.5 Å². The molecule has 0 saturated heterocycles.